The van der Waals surface area contributed by atoms with Gasteiger partial charge in [0, 0.05) is 13.1 Å². The van der Waals surface area contributed by atoms with E-state index in [4.69, 9.17) is 5.73 Å². The summed E-state index contributed by atoms with van der Waals surface area (Å²) in [4.78, 5) is 2.37. The first kappa shape index (κ1) is 15.2. The van der Waals surface area contributed by atoms with E-state index in [0.717, 1.165) is 19.6 Å². The highest BCUT2D eigenvalue weighted by Gasteiger charge is 2.18. The van der Waals surface area contributed by atoms with Crippen molar-refractivity contribution in [2.45, 2.75) is 41.2 Å². The maximum Gasteiger partial charge on any atom is 0.0233 e. The van der Waals surface area contributed by atoms with Crippen molar-refractivity contribution in [2.24, 2.45) is 11.1 Å². The zero-order chi connectivity index (χ0) is 13.9. The van der Waals surface area contributed by atoms with Crippen LogP contribution in [0.2, 0.25) is 0 Å². The Labute approximate surface area is 112 Å². The largest absolute Gasteiger partial charge is 0.330 e. The van der Waals surface area contributed by atoms with Crippen molar-refractivity contribution >= 4 is 0 Å². The molecule has 0 aliphatic heterocycles. The molecule has 0 saturated carbocycles. The van der Waals surface area contributed by atoms with Gasteiger partial charge >= 0.3 is 0 Å². The van der Waals surface area contributed by atoms with E-state index in [-0.39, 0.29) is 5.41 Å². The average molecular weight is 248 g/mol. The van der Waals surface area contributed by atoms with E-state index < -0.39 is 0 Å². The average Bonchev–Trinajstić information content (AvgIpc) is 2.29. The molecule has 0 spiro atoms. The molecule has 1 aromatic rings. The SMILES string of the molecule is Cc1ccc(CN(C)CC(C)(C)CN)c(C)c1C. The van der Waals surface area contributed by atoms with Crippen LogP contribution in [0.25, 0.3) is 0 Å². The van der Waals surface area contributed by atoms with E-state index in [1.165, 1.54) is 22.3 Å². The van der Waals surface area contributed by atoms with Gasteiger partial charge in [-0.15, -0.1) is 0 Å². The zero-order valence-electron chi connectivity index (χ0n) is 12.8. The second-order valence-electron chi connectivity index (χ2n) is 6.33. The molecule has 0 aromatic heterocycles. The van der Waals surface area contributed by atoms with E-state index in [1.54, 1.807) is 0 Å². The van der Waals surface area contributed by atoms with Crippen molar-refractivity contribution in [3.05, 3.63) is 34.4 Å². The van der Waals surface area contributed by atoms with Crippen molar-refractivity contribution < 1.29 is 0 Å². The Balaban J connectivity index is 2.77. The highest BCUT2D eigenvalue weighted by Crippen LogP contribution is 2.20. The van der Waals surface area contributed by atoms with Crippen LogP contribution >= 0.6 is 0 Å². The first-order valence-corrected chi connectivity index (χ1v) is 6.71. The summed E-state index contributed by atoms with van der Waals surface area (Å²) in [6, 6.07) is 4.48. The molecule has 1 rings (SSSR count). The Kier molecular flexibility index (Phi) is 4.94. The topological polar surface area (TPSA) is 29.3 Å². The summed E-state index contributed by atoms with van der Waals surface area (Å²) >= 11 is 0. The molecule has 0 fully saturated rings. The predicted octanol–water partition coefficient (Wildman–Crippen LogP) is 3.03. The van der Waals surface area contributed by atoms with Gasteiger partial charge in [-0.3, -0.25) is 0 Å². The van der Waals surface area contributed by atoms with Gasteiger partial charge in [0.2, 0.25) is 0 Å². The summed E-state index contributed by atoms with van der Waals surface area (Å²) < 4.78 is 0. The molecular weight excluding hydrogens is 220 g/mol. The van der Waals surface area contributed by atoms with Crippen LogP contribution in [0, 0.1) is 26.2 Å². The smallest absolute Gasteiger partial charge is 0.0233 e. The van der Waals surface area contributed by atoms with Crippen LogP contribution < -0.4 is 5.73 Å². The van der Waals surface area contributed by atoms with Crippen LogP contribution in [0.4, 0.5) is 0 Å². The highest BCUT2D eigenvalue weighted by atomic mass is 15.1. The van der Waals surface area contributed by atoms with Gasteiger partial charge in [-0.2, -0.15) is 0 Å². The second kappa shape index (κ2) is 5.85. The number of aryl methyl sites for hydroxylation is 1. The zero-order valence-corrected chi connectivity index (χ0v) is 12.8. The number of benzene rings is 1. The van der Waals surface area contributed by atoms with Crippen molar-refractivity contribution in [1.82, 2.24) is 4.90 Å². The van der Waals surface area contributed by atoms with Gasteiger partial charge in [0.15, 0.2) is 0 Å². The summed E-state index contributed by atoms with van der Waals surface area (Å²) in [6.45, 7) is 13.8. The molecule has 0 heterocycles. The molecule has 0 bridgehead atoms. The Bertz CT molecular complexity index is 408. The van der Waals surface area contributed by atoms with Crippen LogP contribution in [0.15, 0.2) is 12.1 Å². The minimum atomic E-state index is 0.183. The number of nitrogens with two attached hydrogens (primary N) is 1. The van der Waals surface area contributed by atoms with Crippen molar-refractivity contribution in [3.8, 4) is 0 Å². The summed E-state index contributed by atoms with van der Waals surface area (Å²) in [6.07, 6.45) is 0. The van der Waals surface area contributed by atoms with Crippen LogP contribution in [-0.4, -0.2) is 25.0 Å². The molecule has 0 aliphatic rings. The van der Waals surface area contributed by atoms with Crippen molar-refractivity contribution in [2.75, 3.05) is 20.1 Å². The van der Waals surface area contributed by atoms with E-state index in [2.05, 4.69) is 58.7 Å². The van der Waals surface area contributed by atoms with Crippen LogP contribution in [0.5, 0.6) is 0 Å². The van der Waals surface area contributed by atoms with E-state index >= 15 is 0 Å². The third kappa shape index (κ3) is 3.82. The minimum Gasteiger partial charge on any atom is -0.330 e. The molecule has 102 valence electrons. The molecule has 2 nitrogen and oxygen atoms in total. The molecule has 2 N–H and O–H groups in total. The summed E-state index contributed by atoms with van der Waals surface area (Å²) in [5, 5.41) is 0. The number of hydrogen-bond donors (Lipinski definition) is 1. The quantitative estimate of drug-likeness (QED) is 0.868. The van der Waals surface area contributed by atoms with E-state index in [1.807, 2.05) is 0 Å². The van der Waals surface area contributed by atoms with E-state index in [9.17, 15) is 0 Å². The molecule has 0 amide bonds. The molecule has 0 aliphatic carbocycles. The first-order chi connectivity index (χ1) is 8.26. The van der Waals surface area contributed by atoms with Gasteiger partial charge in [0.05, 0.1) is 0 Å². The number of hydrogen-bond acceptors (Lipinski definition) is 2. The Morgan fingerprint density at radius 1 is 1.11 bits per heavy atom. The lowest BCUT2D eigenvalue weighted by molar-refractivity contribution is 0.209. The molecule has 0 saturated heterocycles. The molecule has 0 radical (unpaired) electrons. The van der Waals surface area contributed by atoms with Crippen LogP contribution in [0.3, 0.4) is 0 Å². The molecular formula is C16H28N2. The van der Waals surface area contributed by atoms with Gasteiger partial charge < -0.3 is 10.6 Å². The van der Waals surface area contributed by atoms with Gasteiger partial charge in [-0.25, -0.2) is 0 Å². The number of rotatable bonds is 5. The lowest BCUT2D eigenvalue weighted by Gasteiger charge is -2.29. The second-order valence-corrected chi connectivity index (χ2v) is 6.33. The normalized spacial score (nSPS) is 12.2. The molecule has 18 heavy (non-hydrogen) atoms. The molecule has 0 atom stereocenters. The standard InChI is InChI=1S/C16H28N2/c1-12-7-8-15(14(3)13(12)2)9-18(6)11-16(4,5)10-17/h7-8H,9-11,17H2,1-6H3. The summed E-state index contributed by atoms with van der Waals surface area (Å²) in [5.41, 5.74) is 11.6. The van der Waals surface area contributed by atoms with Gasteiger partial charge in [0.25, 0.3) is 0 Å². The predicted molar refractivity (Wildman–Crippen MR) is 79.8 cm³/mol. The molecule has 1 aromatic carbocycles. The monoisotopic (exact) mass is 248 g/mol. The van der Waals surface area contributed by atoms with Crippen LogP contribution in [0.1, 0.15) is 36.1 Å². The lowest BCUT2D eigenvalue weighted by Crippen LogP contribution is -2.36. The summed E-state index contributed by atoms with van der Waals surface area (Å²) in [5.74, 6) is 0. The minimum absolute atomic E-state index is 0.183. The molecule has 0 unspecified atom stereocenters. The van der Waals surface area contributed by atoms with Crippen molar-refractivity contribution in [1.29, 1.82) is 0 Å². The third-order valence-electron chi connectivity index (χ3n) is 3.86. The third-order valence-corrected chi connectivity index (χ3v) is 3.86. The maximum absolute atomic E-state index is 5.80. The maximum atomic E-state index is 5.80. The Morgan fingerprint density at radius 3 is 2.28 bits per heavy atom. The number of nitrogens with zero attached hydrogens (tertiary/aromatic N) is 1. The van der Waals surface area contributed by atoms with Gasteiger partial charge in [-0.1, -0.05) is 26.0 Å². The highest BCUT2D eigenvalue weighted by molar-refractivity contribution is 5.38. The fourth-order valence-electron chi connectivity index (χ4n) is 2.33. The molecule has 2 heteroatoms. The first-order valence-electron chi connectivity index (χ1n) is 6.71. The van der Waals surface area contributed by atoms with Crippen molar-refractivity contribution in [3.63, 3.8) is 0 Å². The van der Waals surface area contributed by atoms with Gasteiger partial charge in [-0.05, 0) is 62.0 Å². The van der Waals surface area contributed by atoms with E-state index in [0.29, 0.717) is 0 Å². The fourth-order valence-corrected chi connectivity index (χ4v) is 2.33. The van der Waals surface area contributed by atoms with Crippen LogP contribution in [-0.2, 0) is 6.54 Å². The fraction of sp³-hybridized carbons (Fsp3) is 0.625. The summed E-state index contributed by atoms with van der Waals surface area (Å²) in [7, 11) is 2.17. The Morgan fingerprint density at radius 2 is 1.72 bits per heavy atom. The Hall–Kier alpha value is -0.860. The lowest BCUT2D eigenvalue weighted by atomic mass is 9.92. The van der Waals surface area contributed by atoms with Gasteiger partial charge in [0.1, 0.15) is 0 Å².